The first-order valence-electron chi connectivity index (χ1n) is 6.15. The summed E-state index contributed by atoms with van der Waals surface area (Å²) in [6.07, 6.45) is 3.61. The lowest BCUT2D eigenvalue weighted by Gasteiger charge is -2.23. The van der Waals surface area contributed by atoms with E-state index in [1.165, 1.54) is 23.0 Å². The minimum absolute atomic E-state index is 0.178. The standard InChI is InChI=1S/C12H14N4OS2/c17-11(7-19-12-13-8-14-15-12)16-5-1-3-9(16)10-4-2-6-18-10/h2,4,6,8-9H,1,3,5,7H2,(H,13,14,15)/t9-/m0/s1. The number of carbonyl (C=O) groups is 1. The second-order valence-corrected chi connectivity index (χ2v) is 6.28. The number of nitrogens with zero attached hydrogens (tertiary/aromatic N) is 3. The second-order valence-electron chi connectivity index (χ2n) is 4.34. The molecule has 0 saturated carbocycles. The van der Waals surface area contributed by atoms with Gasteiger partial charge in [-0.15, -0.1) is 11.3 Å². The zero-order valence-electron chi connectivity index (χ0n) is 10.3. The summed E-state index contributed by atoms with van der Waals surface area (Å²) < 4.78 is 0. The number of aromatic nitrogens is 3. The van der Waals surface area contributed by atoms with Gasteiger partial charge in [-0.3, -0.25) is 9.89 Å². The Morgan fingerprint density at radius 1 is 1.63 bits per heavy atom. The van der Waals surface area contributed by atoms with Crippen molar-refractivity contribution >= 4 is 29.0 Å². The van der Waals surface area contributed by atoms with Gasteiger partial charge in [0.05, 0.1) is 11.8 Å². The highest BCUT2D eigenvalue weighted by Gasteiger charge is 2.30. The largest absolute Gasteiger partial charge is 0.334 e. The van der Waals surface area contributed by atoms with Gasteiger partial charge in [-0.1, -0.05) is 17.8 Å². The predicted octanol–water partition coefficient (Wildman–Crippen LogP) is 2.32. The molecule has 1 amide bonds. The van der Waals surface area contributed by atoms with Crippen LogP contribution in [0.15, 0.2) is 29.0 Å². The molecule has 0 aromatic carbocycles. The molecular weight excluding hydrogens is 280 g/mol. The summed E-state index contributed by atoms with van der Waals surface area (Å²) in [5, 5.41) is 9.29. The van der Waals surface area contributed by atoms with Gasteiger partial charge in [0, 0.05) is 11.4 Å². The number of hydrogen-bond acceptors (Lipinski definition) is 5. The van der Waals surface area contributed by atoms with Crippen LogP contribution in [-0.2, 0) is 4.79 Å². The average molecular weight is 294 g/mol. The number of nitrogens with one attached hydrogen (secondary N) is 1. The number of carbonyl (C=O) groups excluding carboxylic acids is 1. The third kappa shape index (κ3) is 2.82. The van der Waals surface area contributed by atoms with Gasteiger partial charge >= 0.3 is 0 Å². The molecular formula is C12H14N4OS2. The SMILES string of the molecule is O=C(CSc1ncn[nH]1)N1CCC[C@H]1c1cccs1. The Kier molecular flexibility index (Phi) is 3.84. The molecule has 0 bridgehead atoms. The van der Waals surface area contributed by atoms with Crippen molar-refractivity contribution < 1.29 is 4.79 Å². The van der Waals surface area contributed by atoms with E-state index in [2.05, 4.69) is 26.6 Å². The summed E-state index contributed by atoms with van der Waals surface area (Å²) in [7, 11) is 0. The Hall–Kier alpha value is -1.34. The molecule has 1 N–H and O–H groups in total. The maximum atomic E-state index is 12.3. The molecule has 100 valence electrons. The second kappa shape index (κ2) is 5.75. The zero-order chi connectivity index (χ0) is 13.1. The number of amides is 1. The Morgan fingerprint density at radius 3 is 3.32 bits per heavy atom. The molecule has 0 radical (unpaired) electrons. The summed E-state index contributed by atoms with van der Waals surface area (Å²) >= 11 is 3.13. The van der Waals surface area contributed by atoms with Gasteiger partial charge in [0.15, 0.2) is 5.16 Å². The van der Waals surface area contributed by atoms with Gasteiger partial charge in [-0.2, -0.15) is 5.10 Å². The van der Waals surface area contributed by atoms with E-state index in [9.17, 15) is 4.79 Å². The lowest BCUT2D eigenvalue weighted by molar-refractivity contribution is -0.129. The molecule has 1 fully saturated rings. The molecule has 1 aliphatic rings. The van der Waals surface area contributed by atoms with Crippen LogP contribution < -0.4 is 0 Å². The number of likely N-dealkylation sites (tertiary alicyclic amines) is 1. The molecule has 3 rings (SSSR count). The molecule has 0 aliphatic carbocycles. The van der Waals surface area contributed by atoms with Crippen LogP contribution in [0, 0.1) is 0 Å². The first-order chi connectivity index (χ1) is 9.34. The first kappa shape index (κ1) is 12.7. The maximum Gasteiger partial charge on any atom is 0.233 e. The molecule has 1 saturated heterocycles. The molecule has 5 nitrogen and oxygen atoms in total. The molecule has 3 heterocycles. The summed E-state index contributed by atoms with van der Waals surface area (Å²) in [4.78, 5) is 19.6. The van der Waals surface area contributed by atoms with Crippen molar-refractivity contribution in [3.63, 3.8) is 0 Å². The van der Waals surface area contributed by atoms with Crippen LogP contribution >= 0.6 is 23.1 Å². The Balaban J connectivity index is 1.62. The highest BCUT2D eigenvalue weighted by atomic mass is 32.2. The third-order valence-electron chi connectivity index (χ3n) is 3.17. The highest BCUT2D eigenvalue weighted by molar-refractivity contribution is 7.99. The Labute approximate surface area is 119 Å². The van der Waals surface area contributed by atoms with Crippen LogP contribution in [0.4, 0.5) is 0 Å². The molecule has 7 heteroatoms. The smallest absolute Gasteiger partial charge is 0.233 e. The van der Waals surface area contributed by atoms with E-state index in [1.807, 2.05) is 11.0 Å². The number of rotatable bonds is 4. The van der Waals surface area contributed by atoms with Crippen molar-refractivity contribution in [2.24, 2.45) is 0 Å². The van der Waals surface area contributed by atoms with E-state index in [-0.39, 0.29) is 11.9 Å². The molecule has 1 atom stereocenters. The summed E-state index contributed by atoms with van der Waals surface area (Å²) in [6.45, 7) is 0.859. The molecule has 19 heavy (non-hydrogen) atoms. The summed E-state index contributed by atoms with van der Waals surface area (Å²) in [6, 6.07) is 4.43. The fourth-order valence-corrected chi connectivity index (χ4v) is 3.86. The summed E-state index contributed by atoms with van der Waals surface area (Å²) in [5.74, 6) is 0.592. The van der Waals surface area contributed by atoms with Gasteiger partial charge in [0.1, 0.15) is 6.33 Å². The maximum absolute atomic E-state index is 12.3. The van der Waals surface area contributed by atoms with Crippen LogP contribution in [-0.4, -0.2) is 38.3 Å². The van der Waals surface area contributed by atoms with E-state index in [0.717, 1.165) is 19.4 Å². The highest BCUT2D eigenvalue weighted by Crippen LogP contribution is 2.34. The Morgan fingerprint density at radius 2 is 2.58 bits per heavy atom. The number of H-pyrrole nitrogens is 1. The van der Waals surface area contributed by atoms with Crippen LogP contribution in [0.1, 0.15) is 23.8 Å². The van der Waals surface area contributed by atoms with E-state index < -0.39 is 0 Å². The number of thioether (sulfide) groups is 1. The van der Waals surface area contributed by atoms with Crippen LogP contribution in [0.3, 0.4) is 0 Å². The number of thiophene rings is 1. The van der Waals surface area contributed by atoms with Crippen molar-refractivity contribution in [3.8, 4) is 0 Å². The van der Waals surface area contributed by atoms with Gasteiger partial charge in [0.25, 0.3) is 0 Å². The van der Waals surface area contributed by atoms with E-state index in [0.29, 0.717) is 10.9 Å². The topological polar surface area (TPSA) is 61.9 Å². The lowest BCUT2D eigenvalue weighted by Crippen LogP contribution is -2.31. The minimum atomic E-state index is 0.178. The molecule has 2 aromatic heterocycles. The van der Waals surface area contributed by atoms with Crippen LogP contribution in [0.5, 0.6) is 0 Å². The zero-order valence-corrected chi connectivity index (χ0v) is 11.9. The Bertz CT molecular complexity index is 526. The number of aromatic amines is 1. The molecule has 0 unspecified atom stereocenters. The van der Waals surface area contributed by atoms with Crippen molar-refractivity contribution in [2.75, 3.05) is 12.3 Å². The first-order valence-corrected chi connectivity index (χ1v) is 8.02. The lowest BCUT2D eigenvalue weighted by atomic mass is 10.2. The van der Waals surface area contributed by atoms with Crippen molar-refractivity contribution in [3.05, 3.63) is 28.7 Å². The van der Waals surface area contributed by atoms with E-state index in [4.69, 9.17) is 0 Å². The third-order valence-corrected chi connectivity index (χ3v) is 5.00. The molecule has 0 spiro atoms. The predicted molar refractivity (Wildman–Crippen MR) is 75.1 cm³/mol. The van der Waals surface area contributed by atoms with Gasteiger partial charge in [-0.25, -0.2) is 4.98 Å². The molecule has 1 aliphatic heterocycles. The van der Waals surface area contributed by atoms with Gasteiger partial charge in [-0.05, 0) is 24.3 Å². The van der Waals surface area contributed by atoms with E-state index >= 15 is 0 Å². The van der Waals surface area contributed by atoms with Crippen LogP contribution in [0.25, 0.3) is 0 Å². The van der Waals surface area contributed by atoms with Gasteiger partial charge < -0.3 is 4.90 Å². The monoisotopic (exact) mass is 294 g/mol. The van der Waals surface area contributed by atoms with Crippen molar-refractivity contribution in [1.82, 2.24) is 20.1 Å². The van der Waals surface area contributed by atoms with Gasteiger partial charge in [0.2, 0.25) is 5.91 Å². The fourth-order valence-electron chi connectivity index (χ4n) is 2.32. The van der Waals surface area contributed by atoms with Crippen LogP contribution in [0.2, 0.25) is 0 Å². The quantitative estimate of drug-likeness (QED) is 0.879. The van der Waals surface area contributed by atoms with Crippen molar-refractivity contribution in [1.29, 1.82) is 0 Å². The van der Waals surface area contributed by atoms with E-state index in [1.54, 1.807) is 11.3 Å². The average Bonchev–Trinajstić information content (AvgIpc) is 3.14. The normalized spacial score (nSPS) is 18.9. The minimum Gasteiger partial charge on any atom is -0.334 e. The van der Waals surface area contributed by atoms with Crippen molar-refractivity contribution in [2.45, 2.75) is 24.0 Å². The number of hydrogen-bond donors (Lipinski definition) is 1. The molecule has 2 aromatic rings. The fraction of sp³-hybridized carbons (Fsp3) is 0.417. The summed E-state index contributed by atoms with van der Waals surface area (Å²) in [5.41, 5.74) is 0.